The fraction of sp³-hybridized carbons (Fsp3) is 0.636. The van der Waals surface area contributed by atoms with Crippen molar-refractivity contribution in [2.45, 2.75) is 18.7 Å². The Balaban J connectivity index is 1.93. The molecular formula is C11H19NO2S. The molecule has 4 heteroatoms. The van der Waals surface area contributed by atoms with Crippen LogP contribution in [0.2, 0.25) is 0 Å². The van der Waals surface area contributed by atoms with Gasteiger partial charge in [0.05, 0.1) is 18.6 Å². The zero-order valence-electron chi connectivity index (χ0n) is 9.36. The molecule has 1 aromatic heterocycles. The molecule has 1 atom stereocenters. The molecular weight excluding hydrogens is 210 g/mol. The lowest BCUT2D eigenvalue weighted by Gasteiger charge is -2.11. The van der Waals surface area contributed by atoms with Gasteiger partial charge in [-0.2, -0.15) is 11.8 Å². The molecule has 15 heavy (non-hydrogen) atoms. The van der Waals surface area contributed by atoms with Gasteiger partial charge in [0.25, 0.3) is 0 Å². The molecule has 0 amide bonds. The number of furan rings is 1. The summed E-state index contributed by atoms with van der Waals surface area (Å²) in [7, 11) is 1.73. The highest BCUT2D eigenvalue weighted by Crippen LogP contribution is 2.11. The van der Waals surface area contributed by atoms with Crippen LogP contribution in [0.3, 0.4) is 0 Å². The lowest BCUT2D eigenvalue weighted by molar-refractivity contribution is 0.173. The van der Waals surface area contributed by atoms with Gasteiger partial charge in [0.1, 0.15) is 5.76 Å². The average Bonchev–Trinajstić information content (AvgIpc) is 2.70. The largest absolute Gasteiger partial charge is 0.468 e. The van der Waals surface area contributed by atoms with Gasteiger partial charge in [0, 0.05) is 25.4 Å². The standard InChI is InChI=1S/C11H19NO2S/c1-10(8-13-2)12-5-7-15-9-11-4-3-6-14-11/h3-4,6,10,12H,5,7-9H2,1-2H3. The van der Waals surface area contributed by atoms with Crippen LogP contribution in [0.15, 0.2) is 22.8 Å². The first-order valence-corrected chi connectivity index (χ1v) is 6.31. The van der Waals surface area contributed by atoms with E-state index in [-0.39, 0.29) is 0 Å². The molecule has 86 valence electrons. The summed E-state index contributed by atoms with van der Waals surface area (Å²) in [5, 5.41) is 3.39. The molecule has 1 unspecified atom stereocenters. The van der Waals surface area contributed by atoms with E-state index in [0.717, 1.165) is 30.4 Å². The molecule has 0 saturated heterocycles. The first kappa shape index (κ1) is 12.6. The summed E-state index contributed by atoms with van der Waals surface area (Å²) in [6, 6.07) is 4.36. The Morgan fingerprint density at radius 1 is 1.60 bits per heavy atom. The van der Waals surface area contributed by atoms with Crippen molar-refractivity contribution in [1.82, 2.24) is 5.32 Å². The molecule has 0 aliphatic rings. The quantitative estimate of drug-likeness (QED) is 0.693. The number of nitrogens with one attached hydrogen (secondary N) is 1. The highest BCUT2D eigenvalue weighted by Gasteiger charge is 1.99. The molecule has 1 rings (SSSR count). The summed E-state index contributed by atoms with van der Waals surface area (Å²) >= 11 is 1.87. The van der Waals surface area contributed by atoms with Crippen molar-refractivity contribution >= 4 is 11.8 Å². The Bertz CT molecular complexity index is 239. The predicted octanol–water partition coefficient (Wildman–Crippen LogP) is 2.14. The van der Waals surface area contributed by atoms with Crippen LogP contribution in [-0.2, 0) is 10.5 Å². The summed E-state index contributed by atoms with van der Waals surface area (Å²) in [5.74, 6) is 3.09. The Morgan fingerprint density at radius 2 is 2.47 bits per heavy atom. The van der Waals surface area contributed by atoms with Crippen LogP contribution in [0.4, 0.5) is 0 Å². The zero-order chi connectivity index (χ0) is 10.9. The smallest absolute Gasteiger partial charge is 0.113 e. The summed E-state index contributed by atoms with van der Waals surface area (Å²) in [6.45, 7) is 3.90. The van der Waals surface area contributed by atoms with E-state index in [1.807, 2.05) is 23.9 Å². The third kappa shape index (κ3) is 5.87. The van der Waals surface area contributed by atoms with Crippen LogP contribution in [0.1, 0.15) is 12.7 Å². The first-order valence-electron chi connectivity index (χ1n) is 5.15. The monoisotopic (exact) mass is 229 g/mol. The number of methoxy groups -OCH3 is 1. The minimum Gasteiger partial charge on any atom is -0.468 e. The second-order valence-corrected chi connectivity index (χ2v) is 4.55. The van der Waals surface area contributed by atoms with E-state index in [4.69, 9.17) is 9.15 Å². The molecule has 0 aliphatic carbocycles. The fourth-order valence-corrected chi connectivity index (χ4v) is 2.03. The van der Waals surface area contributed by atoms with Gasteiger partial charge in [0.15, 0.2) is 0 Å². The van der Waals surface area contributed by atoms with Gasteiger partial charge in [0.2, 0.25) is 0 Å². The molecule has 0 radical (unpaired) electrons. The fourth-order valence-electron chi connectivity index (χ4n) is 1.25. The van der Waals surface area contributed by atoms with E-state index in [9.17, 15) is 0 Å². The van der Waals surface area contributed by atoms with Crippen LogP contribution >= 0.6 is 11.8 Å². The molecule has 0 spiro atoms. The Hall–Kier alpha value is -0.450. The number of thioether (sulfide) groups is 1. The van der Waals surface area contributed by atoms with Crippen LogP contribution in [0, 0.1) is 0 Å². The highest BCUT2D eigenvalue weighted by atomic mass is 32.2. The molecule has 1 N–H and O–H groups in total. The zero-order valence-corrected chi connectivity index (χ0v) is 10.2. The third-order valence-corrected chi connectivity index (χ3v) is 2.96. The van der Waals surface area contributed by atoms with E-state index in [0.29, 0.717) is 6.04 Å². The number of rotatable bonds is 8. The van der Waals surface area contributed by atoms with Gasteiger partial charge in [-0.25, -0.2) is 0 Å². The normalized spacial score (nSPS) is 12.9. The average molecular weight is 229 g/mol. The maximum atomic E-state index is 5.24. The van der Waals surface area contributed by atoms with E-state index in [1.54, 1.807) is 13.4 Å². The van der Waals surface area contributed by atoms with Gasteiger partial charge < -0.3 is 14.5 Å². The van der Waals surface area contributed by atoms with Crippen molar-refractivity contribution in [2.75, 3.05) is 26.0 Å². The summed E-state index contributed by atoms with van der Waals surface area (Å²) < 4.78 is 10.3. The summed E-state index contributed by atoms with van der Waals surface area (Å²) in [4.78, 5) is 0. The van der Waals surface area contributed by atoms with E-state index >= 15 is 0 Å². The molecule has 1 heterocycles. The number of hydrogen-bond acceptors (Lipinski definition) is 4. The molecule has 0 saturated carbocycles. The highest BCUT2D eigenvalue weighted by molar-refractivity contribution is 7.98. The molecule has 0 aromatic carbocycles. The lowest BCUT2D eigenvalue weighted by Crippen LogP contribution is -2.31. The SMILES string of the molecule is COCC(C)NCCSCc1ccco1. The molecule has 0 aliphatic heterocycles. The van der Waals surface area contributed by atoms with Crippen molar-refractivity contribution in [3.8, 4) is 0 Å². The van der Waals surface area contributed by atoms with Crippen LogP contribution in [0.5, 0.6) is 0 Å². The number of ether oxygens (including phenoxy) is 1. The topological polar surface area (TPSA) is 34.4 Å². The van der Waals surface area contributed by atoms with Crippen molar-refractivity contribution in [3.63, 3.8) is 0 Å². The predicted molar refractivity (Wildman–Crippen MR) is 64.2 cm³/mol. The van der Waals surface area contributed by atoms with Crippen LogP contribution < -0.4 is 5.32 Å². The van der Waals surface area contributed by atoms with Gasteiger partial charge in [-0.05, 0) is 19.1 Å². The summed E-state index contributed by atoms with van der Waals surface area (Å²) in [5.41, 5.74) is 0. The second kappa shape index (κ2) is 7.79. The minimum atomic E-state index is 0.430. The van der Waals surface area contributed by atoms with Crippen LogP contribution in [0.25, 0.3) is 0 Å². The van der Waals surface area contributed by atoms with Gasteiger partial charge in [-0.1, -0.05) is 0 Å². The van der Waals surface area contributed by atoms with Gasteiger partial charge in [-0.15, -0.1) is 0 Å². The third-order valence-electron chi connectivity index (χ3n) is 1.98. The van der Waals surface area contributed by atoms with Crippen molar-refractivity contribution in [1.29, 1.82) is 0 Å². The second-order valence-electron chi connectivity index (χ2n) is 3.44. The first-order chi connectivity index (χ1) is 7.33. The molecule has 3 nitrogen and oxygen atoms in total. The van der Waals surface area contributed by atoms with E-state index in [2.05, 4.69) is 12.2 Å². The van der Waals surface area contributed by atoms with Crippen molar-refractivity contribution in [2.24, 2.45) is 0 Å². The minimum absolute atomic E-state index is 0.430. The molecule has 0 fully saturated rings. The maximum absolute atomic E-state index is 5.24. The van der Waals surface area contributed by atoms with Crippen molar-refractivity contribution < 1.29 is 9.15 Å². The van der Waals surface area contributed by atoms with Gasteiger partial charge in [-0.3, -0.25) is 0 Å². The van der Waals surface area contributed by atoms with E-state index < -0.39 is 0 Å². The Kier molecular flexibility index (Phi) is 6.55. The number of hydrogen-bond donors (Lipinski definition) is 1. The Morgan fingerprint density at radius 3 is 3.13 bits per heavy atom. The Labute approximate surface area is 95.6 Å². The molecule has 0 bridgehead atoms. The maximum Gasteiger partial charge on any atom is 0.113 e. The lowest BCUT2D eigenvalue weighted by atomic mass is 10.4. The van der Waals surface area contributed by atoms with Crippen molar-refractivity contribution in [3.05, 3.63) is 24.2 Å². The molecule has 1 aromatic rings. The van der Waals surface area contributed by atoms with E-state index in [1.165, 1.54) is 0 Å². The van der Waals surface area contributed by atoms with Crippen LogP contribution in [-0.4, -0.2) is 32.1 Å². The summed E-state index contributed by atoms with van der Waals surface area (Å²) in [6.07, 6.45) is 1.72. The van der Waals surface area contributed by atoms with Gasteiger partial charge >= 0.3 is 0 Å².